The first kappa shape index (κ1) is 10.3. The molecule has 2 aromatic heterocycles. The Labute approximate surface area is 93.0 Å². The van der Waals surface area contributed by atoms with E-state index < -0.39 is 0 Å². The van der Waals surface area contributed by atoms with Crippen LogP contribution < -0.4 is 5.32 Å². The topological polar surface area (TPSA) is 42.7 Å². The van der Waals surface area contributed by atoms with E-state index in [2.05, 4.69) is 19.9 Å². The van der Waals surface area contributed by atoms with Crippen molar-refractivity contribution < 1.29 is 0 Å². The average molecular weight is 222 g/mol. The highest BCUT2D eigenvalue weighted by molar-refractivity contribution is 7.09. The number of aryl methyl sites for hydroxylation is 1. The zero-order valence-electron chi connectivity index (χ0n) is 8.68. The maximum Gasteiger partial charge on any atom is 0.105 e. The van der Waals surface area contributed by atoms with E-state index in [0.717, 1.165) is 25.5 Å². The van der Waals surface area contributed by atoms with Gasteiger partial charge in [-0.2, -0.15) is 0 Å². The Balaban J connectivity index is 1.70. The van der Waals surface area contributed by atoms with Crippen LogP contribution in [-0.4, -0.2) is 21.1 Å². The van der Waals surface area contributed by atoms with Crippen LogP contribution in [0.5, 0.6) is 0 Å². The van der Waals surface area contributed by atoms with Crippen LogP contribution in [0.2, 0.25) is 0 Å². The Morgan fingerprint density at radius 1 is 1.53 bits per heavy atom. The normalized spacial score (nSPS) is 10.7. The van der Waals surface area contributed by atoms with Crippen molar-refractivity contribution in [3.8, 4) is 0 Å². The van der Waals surface area contributed by atoms with E-state index in [4.69, 9.17) is 0 Å². The standard InChI is InChI=1S/C10H14N4S/c1-9-13-3-5-14(9)4-2-11-6-10-7-12-8-15-10/h3,5,7-8,11H,2,4,6H2,1H3. The van der Waals surface area contributed by atoms with E-state index in [1.165, 1.54) is 4.88 Å². The van der Waals surface area contributed by atoms with Crippen LogP contribution in [0.4, 0.5) is 0 Å². The summed E-state index contributed by atoms with van der Waals surface area (Å²) in [6, 6.07) is 0. The number of hydrogen-bond acceptors (Lipinski definition) is 4. The summed E-state index contributed by atoms with van der Waals surface area (Å²) < 4.78 is 2.14. The molecule has 0 aromatic carbocycles. The molecule has 0 saturated carbocycles. The molecule has 0 aliphatic heterocycles. The van der Waals surface area contributed by atoms with Crippen LogP contribution in [0.25, 0.3) is 0 Å². The molecule has 0 bridgehead atoms. The Morgan fingerprint density at radius 2 is 2.47 bits per heavy atom. The number of aromatic nitrogens is 3. The van der Waals surface area contributed by atoms with Gasteiger partial charge in [-0.05, 0) is 6.92 Å². The van der Waals surface area contributed by atoms with Crippen molar-refractivity contribution in [1.82, 2.24) is 19.9 Å². The lowest BCUT2D eigenvalue weighted by Crippen LogP contribution is -2.19. The third-order valence-electron chi connectivity index (χ3n) is 2.24. The minimum Gasteiger partial charge on any atom is -0.334 e. The molecule has 4 nitrogen and oxygen atoms in total. The highest BCUT2D eigenvalue weighted by atomic mass is 32.1. The zero-order valence-corrected chi connectivity index (χ0v) is 9.50. The van der Waals surface area contributed by atoms with Crippen LogP contribution in [0.3, 0.4) is 0 Å². The summed E-state index contributed by atoms with van der Waals surface area (Å²) in [6.45, 7) is 4.83. The lowest BCUT2D eigenvalue weighted by molar-refractivity contribution is 0.590. The molecule has 0 fully saturated rings. The average Bonchev–Trinajstić information content (AvgIpc) is 2.85. The second kappa shape index (κ2) is 5.04. The molecule has 2 rings (SSSR count). The molecular weight excluding hydrogens is 208 g/mol. The molecule has 0 unspecified atom stereocenters. The minimum atomic E-state index is 0.901. The monoisotopic (exact) mass is 222 g/mol. The quantitative estimate of drug-likeness (QED) is 0.778. The Morgan fingerprint density at radius 3 is 3.13 bits per heavy atom. The van der Waals surface area contributed by atoms with Crippen LogP contribution in [-0.2, 0) is 13.1 Å². The van der Waals surface area contributed by atoms with Gasteiger partial charge in [-0.15, -0.1) is 11.3 Å². The number of hydrogen-bond donors (Lipinski definition) is 1. The van der Waals surface area contributed by atoms with Gasteiger partial charge in [-0.25, -0.2) is 4.98 Å². The number of nitrogens with one attached hydrogen (secondary N) is 1. The maximum atomic E-state index is 4.17. The summed E-state index contributed by atoms with van der Waals surface area (Å²) in [5.41, 5.74) is 1.86. The third kappa shape index (κ3) is 2.87. The fourth-order valence-electron chi connectivity index (χ4n) is 1.38. The van der Waals surface area contributed by atoms with E-state index in [1.807, 2.05) is 31.0 Å². The molecular formula is C10H14N4S. The molecule has 0 atom stereocenters. The minimum absolute atomic E-state index is 0.901. The highest BCUT2D eigenvalue weighted by Crippen LogP contribution is 2.03. The summed E-state index contributed by atoms with van der Waals surface area (Å²) in [7, 11) is 0. The fourth-order valence-corrected chi connectivity index (χ4v) is 1.94. The van der Waals surface area contributed by atoms with E-state index in [1.54, 1.807) is 11.3 Å². The Hall–Kier alpha value is -1.20. The largest absolute Gasteiger partial charge is 0.334 e. The lowest BCUT2D eigenvalue weighted by atomic mass is 10.5. The molecule has 15 heavy (non-hydrogen) atoms. The first-order valence-corrected chi connectivity index (χ1v) is 5.80. The van der Waals surface area contributed by atoms with Crippen molar-refractivity contribution >= 4 is 11.3 Å². The second-order valence-electron chi connectivity index (χ2n) is 3.31. The molecule has 2 aromatic rings. The number of thiazole rings is 1. The van der Waals surface area contributed by atoms with E-state index in [9.17, 15) is 0 Å². The predicted molar refractivity (Wildman–Crippen MR) is 60.8 cm³/mol. The Kier molecular flexibility index (Phi) is 3.47. The SMILES string of the molecule is Cc1nccn1CCNCc1cncs1. The molecule has 5 heteroatoms. The van der Waals surface area contributed by atoms with E-state index in [0.29, 0.717) is 0 Å². The molecule has 0 aliphatic rings. The van der Waals surface area contributed by atoms with Gasteiger partial charge >= 0.3 is 0 Å². The zero-order chi connectivity index (χ0) is 10.5. The van der Waals surface area contributed by atoms with Gasteiger partial charge in [0, 0.05) is 43.1 Å². The molecule has 0 spiro atoms. The lowest BCUT2D eigenvalue weighted by Gasteiger charge is -2.05. The van der Waals surface area contributed by atoms with Crippen LogP contribution >= 0.6 is 11.3 Å². The van der Waals surface area contributed by atoms with Crippen LogP contribution in [0.1, 0.15) is 10.7 Å². The first-order chi connectivity index (χ1) is 7.36. The number of imidazole rings is 1. The van der Waals surface area contributed by atoms with Crippen molar-refractivity contribution in [1.29, 1.82) is 0 Å². The van der Waals surface area contributed by atoms with Gasteiger partial charge in [-0.1, -0.05) is 0 Å². The summed E-state index contributed by atoms with van der Waals surface area (Å²) in [4.78, 5) is 9.48. The molecule has 80 valence electrons. The smallest absolute Gasteiger partial charge is 0.105 e. The first-order valence-electron chi connectivity index (χ1n) is 4.92. The predicted octanol–water partition coefficient (Wildman–Crippen LogP) is 1.44. The van der Waals surface area contributed by atoms with Crippen LogP contribution in [0, 0.1) is 6.92 Å². The summed E-state index contributed by atoms with van der Waals surface area (Å²) in [5, 5.41) is 3.38. The third-order valence-corrected chi connectivity index (χ3v) is 3.02. The van der Waals surface area contributed by atoms with Gasteiger partial charge in [0.05, 0.1) is 5.51 Å². The van der Waals surface area contributed by atoms with Crippen molar-refractivity contribution in [2.45, 2.75) is 20.0 Å². The van der Waals surface area contributed by atoms with Gasteiger partial charge in [0.2, 0.25) is 0 Å². The van der Waals surface area contributed by atoms with E-state index in [-0.39, 0.29) is 0 Å². The van der Waals surface area contributed by atoms with Crippen molar-refractivity contribution in [3.63, 3.8) is 0 Å². The van der Waals surface area contributed by atoms with Crippen molar-refractivity contribution in [3.05, 3.63) is 34.8 Å². The number of rotatable bonds is 5. The van der Waals surface area contributed by atoms with E-state index >= 15 is 0 Å². The maximum absolute atomic E-state index is 4.17. The second-order valence-corrected chi connectivity index (χ2v) is 4.28. The molecule has 0 saturated heterocycles. The van der Waals surface area contributed by atoms with Crippen molar-refractivity contribution in [2.75, 3.05) is 6.54 Å². The van der Waals surface area contributed by atoms with Gasteiger partial charge in [0.15, 0.2) is 0 Å². The molecule has 1 N–H and O–H groups in total. The number of nitrogens with zero attached hydrogens (tertiary/aromatic N) is 3. The van der Waals surface area contributed by atoms with Gasteiger partial charge in [0.1, 0.15) is 5.82 Å². The molecule has 0 amide bonds. The highest BCUT2D eigenvalue weighted by Gasteiger charge is 1.96. The molecule has 2 heterocycles. The van der Waals surface area contributed by atoms with Gasteiger partial charge in [0.25, 0.3) is 0 Å². The molecule has 0 aliphatic carbocycles. The van der Waals surface area contributed by atoms with Crippen LogP contribution in [0.15, 0.2) is 24.1 Å². The summed E-state index contributed by atoms with van der Waals surface area (Å²) in [5.74, 6) is 1.06. The Bertz CT molecular complexity index is 393. The summed E-state index contributed by atoms with van der Waals surface area (Å²) >= 11 is 1.68. The van der Waals surface area contributed by atoms with Crippen molar-refractivity contribution in [2.24, 2.45) is 0 Å². The van der Waals surface area contributed by atoms with Gasteiger partial charge < -0.3 is 9.88 Å². The fraction of sp³-hybridized carbons (Fsp3) is 0.400. The van der Waals surface area contributed by atoms with Gasteiger partial charge in [-0.3, -0.25) is 4.98 Å². The summed E-state index contributed by atoms with van der Waals surface area (Å²) in [6.07, 6.45) is 5.74. The molecule has 0 radical (unpaired) electrons.